The first-order valence-electron chi connectivity index (χ1n) is 9.17. The maximum atomic E-state index is 14.1. The molecule has 0 bridgehead atoms. The minimum Gasteiger partial charge on any atom is -0.344 e. The number of nitrogens with zero attached hydrogens (tertiary/aromatic N) is 1. The molecule has 2 fully saturated rings. The van der Waals surface area contributed by atoms with Crippen LogP contribution in [0.3, 0.4) is 0 Å². The summed E-state index contributed by atoms with van der Waals surface area (Å²) in [7, 11) is 0. The van der Waals surface area contributed by atoms with Gasteiger partial charge >= 0.3 is 0 Å². The summed E-state index contributed by atoms with van der Waals surface area (Å²) < 4.78 is 14.1. The molecule has 1 atom stereocenters. The molecule has 1 aromatic rings. The number of hydrogen-bond acceptors (Lipinski definition) is 3. The van der Waals surface area contributed by atoms with Gasteiger partial charge in [0.1, 0.15) is 11.9 Å². The summed E-state index contributed by atoms with van der Waals surface area (Å²) in [5, 5.41) is 5.43. The Labute approximate surface area is 152 Å². The lowest BCUT2D eigenvalue weighted by molar-refractivity contribution is -0.128. The van der Waals surface area contributed by atoms with Gasteiger partial charge in [0.2, 0.25) is 17.7 Å². The first-order valence-corrected chi connectivity index (χ1v) is 9.17. The number of carbonyl (C=O) groups excluding carboxylic acids is 3. The molecule has 1 aliphatic carbocycles. The molecule has 1 saturated heterocycles. The van der Waals surface area contributed by atoms with Crippen LogP contribution in [0.4, 0.5) is 15.8 Å². The number of anilines is 2. The zero-order chi connectivity index (χ0) is 18.7. The van der Waals surface area contributed by atoms with Crippen molar-refractivity contribution in [2.45, 2.75) is 51.5 Å². The number of carbonyl (C=O) groups is 3. The monoisotopic (exact) mass is 361 g/mol. The van der Waals surface area contributed by atoms with E-state index in [0.29, 0.717) is 25.1 Å². The van der Waals surface area contributed by atoms with Crippen LogP contribution in [-0.2, 0) is 14.4 Å². The summed E-state index contributed by atoms with van der Waals surface area (Å²) in [5.74, 6) is -1.09. The van der Waals surface area contributed by atoms with Crippen molar-refractivity contribution in [3.05, 3.63) is 24.0 Å². The Kier molecular flexibility index (Phi) is 5.54. The van der Waals surface area contributed by atoms with E-state index in [1.165, 1.54) is 23.1 Å². The van der Waals surface area contributed by atoms with E-state index >= 15 is 0 Å². The lowest BCUT2D eigenvalue weighted by Gasteiger charge is -2.19. The molecule has 140 valence electrons. The van der Waals surface area contributed by atoms with Crippen molar-refractivity contribution in [2.24, 2.45) is 5.92 Å². The molecule has 3 amide bonds. The number of nitrogens with one attached hydrogen (secondary N) is 2. The van der Waals surface area contributed by atoms with Crippen molar-refractivity contribution in [1.29, 1.82) is 0 Å². The van der Waals surface area contributed by atoms with E-state index in [1.54, 1.807) is 6.92 Å². The molecule has 6 nitrogen and oxygen atoms in total. The van der Waals surface area contributed by atoms with Gasteiger partial charge < -0.3 is 15.5 Å². The molecule has 0 radical (unpaired) electrons. The summed E-state index contributed by atoms with van der Waals surface area (Å²) in [6, 6.07) is 3.45. The molecule has 1 heterocycles. The normalized spacial score (nSPS) is 18.8. The van der Waals surface area contributed by atoms with Gasteiger partial charge in [0, 0.05) is 24.6 Å². The molecule has 1 unspecified atom stereocenters. The second kappa shape index (κ2) is 7.85. The molecule has 0 aromatic heterocycles. The van der Waals surface area contributed by atoms with E-state index in [0.717, 1.165) is 25.7 Å². The van der Waals surface area contributed by atoms with Crippen LogP contribution in [-0.4, -0.2) is 30.3 Å². The summed E-state index contributed by atoms with van der Waals surface area (Å²) >= 11 is 0. The average molecular weight is 361 g/mol. The average Bonchev–Trinajstić information content (AvgIpc) is 3.28. The van der Waals surface area contributed by atoms with Gasteiger partial charge in [-0.25, -0.2) is 4.39 Å². The van der Waals surface area contributed by atoms with Crippen molar-refractivity contribution in [3.63, 3.8) is 0 Å². The van der Waals surface area contributed by atoms with Crippen LogP contribution in [0.5, 0.6) is 0 Å². The number of benzene rings is 1. The smallest absolute Gasteiger partial charge is 0.246 e. The van der Waals surface area contributed by atoms with Gasteiger partial charge in [0.25, 0.3) is 0 Å². The minimum atomic E-state index is -0.690. The summed E-state index contributed by atoms with van der Waals surface area (Å²) in [4.78, 5) is 37.7. The Balaban J connectivity index is 1.63. The molecular weight excluding hydrogens is 337 g/mol. The van der Waals surface area contributed by atoms with Crippen molar-refractivity contribution in [3.8, 4) is 0 Å². The highest BCUT2D eigenvalue weighted by Crippen LogP contribution is 2.28. The van der Waals surface area contributed by atoms with Crippen LogP contribution >= 0.6 is 0 Å². The van der Waals surface area contributed by atoms with E-state index in [9.17, 15) is 18.8 Å². The largest absolute Gasteiger partial charge is 0.344 e. The quantitative estimate of drug-likeness (QED) is 0.846. The van der Waals surface area contributed by atoms with Gasteiger partial charge in [-0.3, -0.25) is 14.4 Å². The Hall–Kier alpha value is -2.44. The van der Waals surface area contributed by atoms with Crippen molar-refractivity contribution in [1.82, 2.24) is 5.32 Å². The van der Waals surface area contributed by atoms with Crippen LogP contribution in [0.1, 0.15) is 45.4 Å². The molecule has 1 aromatic carbocycles. The zero-order valence-electron chi connectivity index (χ0n) is 14.9. The fourth-order valence-corrected chi connectivity index (χ4v) is 3.54. The molecule has 2 N–H and O–H groups in total. The summed E-state index contributed by atoms with van der Waals surface area (Å²) in [6.07, 6.45) is 4.93. The van der Waals surface area contributed by atoms with E-state index in [2.05, 4.69) is 10.6 Å². The lowest BCUT2D eigenvalue weighted by Crippen LogP contribution is -2.43. The van der Waals surface area contributed by atoms with Crippen LogP contribution in [0.2, 0.25) is 0 Å². The van der Waals surface area contributed by atoms with E-state index in [1.807, 2.05) is 0 Å². The SMILES string of the molecule is CC(NC(=O)C1CCCC1)C(=O)Nc1ccc(F)c(N2CCCC2=O)c1. The number of halogens is 1. The van der Waals surface area contributed by atoms with Crippen LogP contribution in [0.25, 0.3) is 0 Å². The fraction of sp³-hybridized carbons (Fsp3) is 0.526. The van der Waals surface area contributed by atoms with Gasteiger partial charge in [0.05, 0.1) is 5.69 Å². The second-order valence-electron chi connectivity index (χ2n) is 7.02. The standard InChI is InChI=1S/C19H24FN3O3/c1-12(21-19(26)13-5-2-3-6-13)18(25)22-14-8-9-15(20)16(11-14)23-10-4-7-17(23)24/h8-9,11-13H,2-7,10H2,1H3,(H,21,26)(H,22,25). The number of hydrogen-bond donors (Lipinski definition) is 2. The highest BCUT2D eigenvalue weighted by Gasteiger charge is 2.27. The first-order chi connectivity index (χ1) is 12.5. The van der Waals surface area contributed by atoms with Gasteiger partial charge in [-0.2, -0.15) is 0 Å². The fourth-order valence-electron chi connectivity index (χ4n) is 3.54. The van der Waals surface area contributed by atoms with Crippen LogP contribution < -0.4 is 15.5 Å². The predicted octanol–water partition coefficient (Wildman–Crippen LogP) is 2.59. The third-order valence-electron chi connectivity index (χ3n) is 5.06. The van der Waals surface area contributed by atoms with Gasteiger partial charge in [0.15, 0.2) is 0 Å². The third-order valence-corrected chi connectivity index (χ3v) is 5.06. The zero-order valence-corrected chi connectivity index (χ0v) is 14.9. The molecule has 2 aliphatic rings. The minimum absolute atomic E-state index is 0.0103. The Bertz CT molecular complexity index is 716. The molecule has 3 rings (SSSR count). The Morgan fingerprint density at radius 1 is 1.23 bits per heavy atom. The molecule has 1 saturated carbocycles. The van der Waals surface area contributed by atoms with Crippen molar-refractivity contribution in [2.75, 3.05) is 16.8 Å². The molecule has 0 spiro atoms. The maximum Gasteiger partial charge on any atom is 0.246 e. The lowest BCUT2D eigenvalue weighted by atomic mass is 10.1. The molecule has 7 heteroatoms. The van der Waals surface area contributed by atoms with Crippen molar-refractivity contribution >= 4 is 29.1 Å². The summed E-state index contributed by atoms with van der Waals surface area (Å²) in [5.41, 5.74) is 0.570. The Morgan fingerprint density at radius 3 is 2.62 bits per heavy atom. The number of rotatable bonds is 5. The van der Waals surface area contributed by atoms with E-state index in [-0.39, 0.29) is 29.3 Å². The van der Waals surface area contributed by atoms with Gasteiger partial charge in [-0.05, 0) is 44.4 Å². The third kappa shape index (κ3) is 4.03. The molecule has 26 heavy (non-hydrogen) atoms. The number of amides is 3. The maximum absolute atomic E-state index is 14.1. The summed E-state index contributed by atoms with van der Waals surface area (Å²) in [6.45, 7) is 2.09. The molecular formula is C19H24FN3O3. The van der Waals surface area contributed by atoms with Gasteiger partial charge in [-0.15, -0.1) is 0 Å². The second-order valence-corrected chi connectivity index (χ2v) is 7.02. The van der Waals surface area contributed by atoms with Crippen molar-refractivity contribution < 1.29 is 18.8 Å². The topological polar surface area (TPSA) is 78.5 Å². The van der Waals surface area contributed by atoms with Crippen LogP contribution in [0.15, 0.2) is 18.2 Å². The van der Waals surface area contributed by atoms with Gasteiger partial charge in [-0.1, -0.05) is 12.8 Å². The first kappa shape index (κ1) is 18.4. The highest BCUT2D eigenvalue weighted by atomic mass is 19.1. The Morgan fingerprint density at radius 2 is 1.96 bits per heavy atom. The molecule has 1 aliphatic heterocycles. The van der Waals surface area contributed by atoms with Crippen LogP contribution in [0, 0.1) is 11.7 Å². The van der Waals surface area contributed by atoms with E-state index < -0.39 is 11.9 Å². The highest BCUT2D eigenvalue weighted by molar-refractivity contribution is 5.99. The predicted molar refractivity (Wildman–Crippen MR) is 96.2 cm³/mol. The van der Waals surface area contributed by atoms with E-state index in [4.69, 9.17) is 0 Å².